The average Bonchev–Trinajstić information content (AvgIpc) is 3.30. The van der Waals surface area contributed by atoms with Crippen molar-refractivity contribution >= 4 is 22.7 Å². The summed E-state index contributed by atoms with van der Waals surface area (Å²) in [5.41, 5.74) is 2.10. The zero-order valence-corrected chi connectivity index (χ0v) is 13.1. The maximum Gasteiger partial charge on any atom is 0.233 e. The van der Waals surface area contributed by atoms with E-state index in [9.17, 15) is 0 Å². The van der Waals surface area contributed by atoms with Crippen molar-refractivity contribution in [2.24, 2.45) is 0 Å². The van der Waals surface area contributed by atoms with E-state index in [0.717, 1.165) is 21.1 Å². The summed E-state index contributed by atoms with van der Waals surface area (Å²) in [6, 6.07) is 14.1. The number of aromatic nitrogens is 3. The molecule has 22 heavy (non-hydrogen) atoms. The van der Waals surface area contributed by atoms with Crippen molar-refractivity contribution in [2.75, 3.05) is 0 Å². The van der Waals surface area contributed by atoms with Gasteiger partial charge in [-0.25, -0.2) is 4.98 Å². The van der Waals surface area contributed by atoms with Crippen molar-refractivity contribution in [2.45, 2.75) is 6.42 Å². The Hall–Kier alpha value is -2.31. The van der Waals surface area contributed by atoms with Gasteiger partial charge in [-0.2, -0.15) is 4.98 Å². The quantitative estimate of drug-likeness (QED) is 0.554. The highest BCUT2D eigenvalue weighted by Gasteiger charge is 2.12. The highest BCUT2D eigenvalue weighted by atomic mass is 32.1. The molecule has 0 aliphatic heterocycles. The molecule has 4 nitrogen and oxygen atoms in total. The maximum absolute atomic E-state index is 5.32. The third-order valence-electron chi connectivity index (χ3n) is 3.13. The number of nitrogens with zero attached hydrogens (tertiary/aromatic N) is 3. The summed E-state index contributed by atoms with van der Waals surface area (Å²) in [6.45, 7) is 0. The lowest BCUT2D eigenvalue weighted by Crippen LogP contribution is -1.88. The van der Waals surface area contributed by atoms with Crippen molar-refractivity contribution in [1.82, 2.24) is 15.1 Å². The second-order valence-corrected chi connectivity index (χ2v) is 6.55. The largest absolute Gasteiger partial charge is 0.338 e. The first-order valence-electron chi connectivity index (χ1n) is 6.75. The van der Waals surface area contributed by atoms with Crippen LogP contribution in [0.15, 0.2) is 57.7 Å². The Morgan fingerprint density at radius 3 is 2.68 bits per heavy atom. The van der Waals surface area contributed by atoms with Gasteiger partial charge in [0.2, 0.25) is 11.7 Å². The Morgan fingerprint density at radius 2 is 1.86 bits per heavy atom. The summed E-state index contributed by atoms with van der Waals surface area (Å²) in [4.78, 5) is 10.1. The lowest BCUT2D eigenvalue weighted by molar-refractivity contribution is 0.385. The van der Waals surface area contributed by atoms with Crippen LogP contribution in [0.1, 0.15) is 10.9 Å². The van der Waals surface area contributed by atoms with E-state index in [4.69, 9.17) is 4.52 Å². The van der Waals surface area contributed by atoms with E-state index in [1.54, 1.807) is 22.7 Å². The van der Waals surface area contributed by atoms with E-state index in [1.165, 1.54) is 0 Å². The smallest absolute Gasteiger partial charge is 0.233 e. The van der Waals surface area contributed by atoms with Gasteiger partial charge in [-0.1, -0.05) is 41.6 Å². The van der Waals surface area contributed by atoms with Crippen LogP contribution in [-0.2, 0) is 6.42 Å². The SMILES string of the molecule is c1ccc(-c2csc(Cc3nc(-c4cccs4)no3)n2)cc1. The average molecular weight is 325 g/mol. The van der Waals surface area contributed by atoms with Gasteiger partial charge in [0.1, 0.15) is 5.01 Å². The van der Waals surface area contributed by atoms with E-state index >= 15 is 0 Å². The normalized spacial score (nSPS) is 10.9. The predicted octanol–water partition coefficient (Wildman–Crippen LogP) is 4.51. The molecule has 1 aromatic carbocycles. The minimum atomic E-state index is 0.565. The van der Waals surface area contributed by atoms with Gasteiger partial charge < -0.3 is 4.52 Å². The fourth-order valence-electron chi connectivity index (χ4n) is 2.10. The first-order valence-corrected chi connectivity index (χ1v) is 8.51. The molecule has 0 amide bonds. The Morgan fingerprint density at radius 1 is 0.955 bits per heavy atom. The molecule has 0 fully saturated rings. The van der Waals surface area contributed by atoms with Crippen LogP contribution in [-0.4, -0.2) is 15.1 Å². The lowest BCUT2D eigenvalue weighted by atomic mass is 10.2. The van der Waals surface area contributed by atoms with Crippen LogP contribution in [0.25, 0.3) is 22.0 Å². The number of hydrogen-bond donors (Lipinski definition) is 0. The van der Waals surface area contributed by atoms with Crippen molar-refractivity contribution in [3.8, 4) is 22.0 Å². The Kier molecular flexibility index (Phi) is 3.54. The van der Waals surface area contributed by atoms with E-state index in [0.29, 0.717) is 18.1 Å². The highest BCUT2D eigenvalue weighted by Crippen LogP contribution is 2.25. The molecule has 0 radical (unpaired) electrons. The van der Waals surface area contributed by atoms with E-state index in [2.05, 4.69) is 32.6 Å². The molecule has 0 atom stereocenters. The van der Waals surface area contributed by atoms with Crippen LogP contribution in [0.4, 0.5) is 0 Å². The molecular formula is C16H11N3OS2. The molecule has 3 heterocycles. The predicted molar refractivity (Wildman–Crippen MR) is 88.0 cm³/mol. The van der Waals surface area contributed by atoms with Crippen LogP contribution < -0.4 is 0 Å². The number of hydrogen-bond acceptors (Lipinski definition) is 6. The van der Waals surface area contributed by atoms with Crippen LogP contribution in [0.3, 0.4) is 0 Å². The van der Waals surface area contributed by atoms with Crippen LogP contribution in [0, 0.1) is 0 Å². The van der Waals surface area contributed by atoms with Crippen LogP contribution in [0.2, 0.25) is 0 Å². The standard InChI is InChI=1S/C16H11N3OS2/c1-2-5-11(6-3-1)12-10-22-15(17-12)9-14-18-16(19-20-14)13-7-4-8-21-13/h1-8,10H,9H2. The maximum atomic E-state index is 5.32. The molecule has 0 spiro atoms. The molecule has 0 unspecified atom stereocenters. The number of thiophene rings is 1. The molecule has 0 aliphatic carbocycles. The van der Waals surface area contributed by atoms with Gasteiger partial charge >= 0.3 is 0 Å². The molecule has 0 saturated heterocycles. The van der Waals surface area contributed by atoms with Crippen LogP contribution >= 0.6 is 22.7 Å². The third-order valence-corrected chi connectivity index (χ3v) is 4.85. The fourth-order valence-corrected chi connectivity index (χ4v) is 3.54. The number of thiazole rings is 1. The molecular weight excluding hydrogens is 314 g/mol. The summed E-state index contributed by atoms with van der Waals surface area (Å²) < 4.78 is 5.32. The van der Waals surface area contributed by atoms with E-state index < -0.39 is 0 Å². The first-order chi connectivity index (χ1) is 10.9. The van der Waals surface area contributed by atoms with Gasteiger partial charge in [0.25, 0.3) is 0 Å². The van der Waals surface area contributed by atoms with E-state index in [1.807, 2.05) is 35.7 Å². The second-order valence-electron chi connectivity index (χ2n) is 4.66. The fraction of sp³-hybridized carbons (Fsp3) is 0.0625. The van der Waals surface area contributed by atoms with Gasteiger partial charge in [-0.15, -0.1) is 22.7 Å². The van der Waals surface area contributed by atoms with Gasteiger partial charge in [-0.3, -0.25) is 0 Å². The molecule has 0 bridgehead atoms. The van der Waals surface area contributed by atoms with Crippen molar-refractivity contribution in [1.29, 1.82) is 0 Å². The molecule has 0 aliphatic rings. The topological polar surface area (TPSA) is 51.8 Å². The molecule has 3 aromatic heterocycles. The van der Waals surface area contributed by atoms with E-state index in [-0.39, 0.29) is 0 Å². The molecule has 4 aromatic rings. The minimum Gasteiger partial charge on any atom is -0.338 e. The molecule has 0 N–H and O–H groups in total. The molecule has 108 valence electrons. The van der Waals surface area contributed by atoms with Gasteiger partial charge in [-0.05, 0) is 11.4 Å². The van der Waals surface area contributed by atoms with Gasteiger partial charge in [0, 0.05) is 10.9 Å². The minimum absolute atomic E-state index is 0.565. The second kappa shape index (κ2) is 5.82. The monoisotopic (exact) mass is 325 g/mol. The first kappa shape index (κ1) is 13.4. The number of benzene rings is 1. The lowest BCUT2D eigenvalue weighted by Gasteiger charge is -1.94. The summed E-state index contributed by atoms with van der Waals surface area (Å²) in [5.74, 6) is 1.24. The zero-order chi connectivity index (χ0) is 14.8. The van der Waals surface area contributed by atoms with Crippen molar-refractivity contribution < 1.29 is 4.52 Å². The summed E-state index contributed by atoms with van der Waals surface area (Å²) in [7, 11) is 0. The summed E-state index contributed by atoms with van der Waals surface area (Å²) in [5, 5.41) is 9.05. The Balaban J connectivity index is 1.54. The zero-order valence-electron chi connectivity index (χ0n) is 11.5. The van der Waals surface area contributed by atoms with Gasteiger partial charge in [0.05, 0.1) is 17.0 Å². The van der Waals surface area contributed by atoms with Crippen molar-refractivity contribution in [3.05, 3.63) is 64.1 Å². The summed E-state index contributed by atoms with van der Waals surface area (Å²) >= 11 is 3.21. The Bertz CT molecular complexity index is 866. The van der Waals surface area contributed by atoms with Gasteiger partial charge in [0.15, 0.2) is 0 Å². The van der Waals surface area contributed by atoms with Crippen LogP contribution in [0.5, 0.6) is 0 Å². The molecule has 6 heteroatoms. The molecule has 4 rings (SSSR count). The third kappa shape index (κ3) is 2.70. The molecule has 0 saturated carbocycles. The Labute approximate surface area is 135 Å². The summed E-state index contributed by atoms with van der Waals surface area (Å²) in [6.07, 6.45) is 0.565. The number of rotatable bonds is 4. The highest BCUT2D eigenvalue weighted by molar-refractivity contribution is 7.13. The van der Waals surface area contributed by atoms with Crippen molar-refractivity contribution in [3.63, 3.8) is 0 Å².